The number of nitrogens with zero attached hydrogens (tertiary/aromatic N) is 2. The molecule has 1 fully saturated rings. The van der Waals surface area contributed by atoms with Gasteiger partial charge < -0.3 is 19.8 Å². The van der Waals surface area contributed by atoms with Gasteiger partial charge in [0.05, 0.1) is 6.61 Å². The molecule has 22 heavy (non-hydrogen) atoms. The van der Waals surface area contributed by atoms with Crippen molar-refractivity contribution in [3.8, 4) is 0 Å². The maximum Gasteiger partial charge on any atom is 0.415 e. The van der Waals surface area contributed by atoms with Crippen LogP contribution in [0.2, 0.25) is 0 Å². The van der Waals surface area contributed by atoms with Crippen LogP contribution in [0.15, 0.2) is 0 Å². The van der Waals surface area contributed by atoms with Gasteiger partial charge in [0.15, 0.2) is 6.10 Å². The lowest BCUT2D eigenvalue weighted by molar-refractivity contribution is -0.211. The fourth-order valence-corrected chi connectivity index (χ4v) is 2.04. The normalized spacial score (nSPS) is 18.3. The van der Waals surface area contributed by atoms with Crippen molar-refractivity contribution in [2.75, 3.05) is 32.8 Å². The summed E-state index contributed by atoms with van der Waals surface area (Å²) in [4.78, 5) is 14.5. The van der Waals surface area contributed by atoms with Gasteiger partial charge in [0.2, 0.25) is 0 Å². The second kappa shape index (κ2) is 7.01. The van der Waals surface area contributed by atoms with Gasteiger partial charge in [-0.1, -0.05) is 0 Å². The number of carbonyl (C=O) groups excluding carboxylic acids is 1. The van der Waals surface area contributed by atoms with E-state index >= 15 is 0 Å². The molecule has 9 heteroatoms. The van der Waals surface area contributed by atoms with E-state index in [4.69, 9.17) is 14.9 Å². The molecule has 1 atom stereocenters. The van der Waals surface area contributed by atoms with Crippen LogP contribution in [-0.2, 0) is 4.74 Å². The molecule has 2 N–H and O–H groups in total. The number of amides is 1. The van der Waals surface area contributed by atoms with Gasteiger partial charge in [-0.25, -0.2) is 4.79 Å². The van der Waals surface area contributed by atoms with Gasteiger partial charge in [0.25, 0.3) is 0 Å². The van der Waals surface area contributed by atoms with E-state index in [-0.39, 0.29) is 32.3 Å². The van der Waals surface area contributed by atoms with Crippen molar-refractivity contribution in [1.82, 2.24) is 9.80 Å². The maximum atomic E-state index is 12.4. The van der Waals surface area contributed by atoms with Crippen molar-refractivity contribution >= 4 is 6.09 Å². The molecule has 1 unspecified atom stereocenters. The summed E-state index contributed by atoms with van der Waals surface area (Å²) in [5, 5.41) is 18.1. The zero-order chi connectivity index (χ0) is 17.1. The van der Waals surface area contributed by atoms with Crippen LogP contribution in [0.25, 0.3) is 0 Å². The molecular weight excluding hydrogens is 305 g/mol. The van der Waals surface area contributed by atoms with Crippen molar-refractivity contribution in [2.24, 2.45) is 0 Å². The van der Waals surface area contributed by atoms with Crippen molar-refractivity contribution < 1.29 is 32.9 Å². The number of aliphatic hydroxyl groups is 2. The Bertz CT molecular complexity index is 378. The first-order chi connectivity index (χ1) is 9.94. The van der Waals surface area contributed by atoms with E-state index in [1.54, 1.807) is 20.8 Å². The van der Waals surface area contributed by atoms with Crippen LogP contribution in [0.1, 0.15) is 20.8 Å². The topological polar surface area (TPSA) is 73.2 Å². The second-order valence-corrected chi connectivity index (χ2v) is 6.32. The minimum Gasteiger partial charge on any atom is -0.444 e. The van der Waals surface area contributed by atoms with E-state index in [0.717, 1.165) is 0 Å². The highest BCUT2D eigenvalue weighted by Crippen LogP contribution is 2.24. The molecule has 1 saturated heterocycles. The number of carbonyl (C=O) groups is 1. The largest absolute Gasteiger partial charge is 0.444 e. The third-order valence-corrected chi connectivity index (χ3v) is 3.20. The van der Waals surface area contributed by atoms with E-state index in [1.807, 2.05) is 0 Å². The molecule has 1 amide bonds. The zero-order valence-electron chi connectivity index (χ0n) is 12.9. The Morgan fingerprint density at radius 2 is 1.91 bits per heavy atom. The molecule has 0 spiro atoms. The van der Waals surface area contributed by atoms with E-state index in [1.165, 1.54) is 9.80 Å². The van der Waals surface area contributed by atoms with Crippen molar-refractivity contribution in [1.29, 1.82) is 0 Å². The molecule has 0 aliphatic carbocycles. The molecule has 0 radical (unpaired) electrons. The molecule has 0 aromatic heterocycles. The lowest BCUT2D eigenvalue weighted by atomic mass is 10.1. The number of rotatable bonds is 5. The Kier molecular flexibility index (Phi) is 6.05. The van der Waals surface area contributed by atoms with Gasteiger partial charge >= 0.3 is 12.3 Å². The summed E-state index contributed by atoms with van der Waals surface area (Å²) in [6.45, 7) is 4.63. The van der Waals surface area contributed by atoms with Gasteiger partial charge in [-0.2, -0.15) is 13.2 Å². The van der Waals surface area contributed by atoms with Crippen LogP contribution in [0.3, 0.4) is 0 Å². The Hall–Kier alpha value is -1.06. The highest BCUT2D eigenvalue weighted by atomic mass is 19.4. The molecule has 1 rings (SSSR count). The smallest absolute Gasteiger partial charge is 0.415 e. The molecule has 1 aliphatic heterocycles. The molecule has 0 bridgehead atoms. The molecule has 1 aliphatic rings. The summed E-state index contributed by atoms with van der Waals surface area (Å²) < 4.78 is 42.4. The summed E-state index contributed by atoms with van der Waals surface area (Å²) in [7, 11) is 0. The number of hydrogen-bond acceptors (Lipinski definition) is 5. The summed E-state index contributed by atoms with van der Waals surface area (Å²) in [6, 6.07) is -0.336. The van der Waals surface area contributed by atoms with Gasteiger partial charge in [-0.05, 0) is 20.8 Å². The van der Waals surface area contributed by atoms with E-state index in [9.17, 15) is 18.0 Å². The number of halogens is 3. The molecule has 0 saturated carbocycles. The number of alkyl halides is 3. The maximum absolute atomic E-state index is 12.4. The van der Waals surface area contributed by atoms with Crippen LogP contribution in [0, 0.1) is 0 Å². The van der Waals surface area contributed by atoms with E-state index in [0.29, 0.717) is 0 Å². The van der Waals surface area contributed by atoms with Crippen molar-refractivity contribution in [3.05, 3.63) is 0 Å². The Morgan fingerprint density at radius 1 is 1.36 bits per heavy atom. The lowest BCUT2D eigenvalue weighted by Gasteiger charge is -2.45. The summed E-state index contributed by atoms with van der Waals surface area (Å²) in [5.74, 6) is 0. The van der Waals surface area contributed by atoms with Crippen LogP contribution in [0.5, 0.6) is 0 Å². The van der Waals surface area contributed by atoms with Gasteiger partial charge in [-0.15, -0.1) is 0 Å². The van der Waals surface area contributed by atoms with Gasteiger partial charge in [0.1, 0.15) is 5.60 Å². The van der Waals surface area contributed by atoms with Crippen molar-refractivity contribution in [2.45, 2.75) is 44.7 Å². The minimum atomic E-state index is -4.71. The predicted molar refractivity (Wildman–Crippen MR) is 72.3 cm³/mol. The number of hydrogen-bond donors (Lipinski definition) is 2. The standard InChI is InChI=1S/C13H23F3N2O4/c1-12(2,3)22-11(21)18-6-9(7-18)17(4-5-19)8-10(20)13(14,15)16/h9-10,19-20H,4-8H2,1-3H3. The van der Waals surface area contributed by atoms with Crippen molar-refractivity contribution in [3.63, 3.8) is 0 Å². The quantitative estimate of drug-likeness (QED) is 0.782. The first kappa shape index (κ1) is 19.0. The monoisotopic (exact) mass is 328 g/mol. The van der Waals surface area contributed by atoms with E-state index < -0.39 is 30.5 Å². The first-order valence-electron chi connectivity index (χ1n) is 7.01. The average Bonchev–Trinajstić information content (AvgIpc) is 2.22. The fraction of sp³-hybridized carbons (Fsp3) is 0.923. The summed E-state index contributed by atoms with van der Waals surface area (Å²) in [5.41, 5.74) is -0.639. The molecule has 130 valence electrons. The molecule has 0 aromatic carbocycles. The highest BCUT2D eigenvalue weighted by Gasteiger charge is 2.43. The predicted octanol–water partition coefficient (Wildman–Crippen LogP) is 0.823. The van der Waals surface area contributed by atoms with Gasteiger partial charge in [-0.3, -0.25) is 4.90 Å². The lowest BCUT2D eigenvalue weighted by Crippen LogP contribution is -2.63. The molecule has 6 nitrogen and oxygen atoms in total. The van der Waals surface area contributed by atoms with E-state index in [2.05, 4.69) is 0 Å². The average molecular weight is 328 g/mol. The molecule has 1 heterocycles. The third-order valence-electron chi connectivity index (χ3n) is 3.20. The third kappa shape index (κ3) is 5.62. The summed E-state index contributed by atoms with van der Waals surface area (Å²) in [6.07, 6.45) is -7.71. The number of aliphatic hydroxyl groups excluding tert-OH is 2. The SMILES string of the molecule is CC(C)(C)OC(=O)N1CC(N(CCO)CC(O)C(F)(F)F)C1. The number of ether oxygens (including phenoxy) is 1. The fourth-order valence-electron chi connectivity index (χ4n) is 2.04. The Morgan fingerprint density at radius 3 is 2.32 bits per heavy atom. The first-order valence-corrected chi connectivity index (χ1v) is 7.01. The van der Waals surface area contributed by atoms with Crippen LogP contribution in [-0.4, -0.2) is 82.8 Å². The molecule has 0 aromatic rings. The molecular formula is C13H23F3N2O4. The number of likely N-dealkylation sites (tertiary alicyclic amines) is 1. The highest BCUT2D eigenvalue weighted by molar-refractivity contribution is 5.69. The summed E-state index contributed by atoms with van der Waals surface area (Å²) >= 11 is 0. The Labute approximate surface area is 127 Å². The second-order valence-electron chi connectivity index (χ2n) is 6.32. The van der Waals surface area contributed by atoms with Crippen LogP contribution < -0.4 is 0 Å². The zero-order valence-corrected chi connectivity index (χ0v) is 12.9. The van der Waals surface area contributed by atoms with Crippen LogP contribution >= 0.6 is 0 Å². The van der Waals surface area contributed by atoms with Crippen LogP contribution in [0.4, 0.5) is 18.0 Å². The van der Waals surface area contributed by atoms with Gasteiger partial charge in [0, 0.05) is 32.2 Å². The minimum absolute atomic E-state index is 0.0000346. The Balaban J connectivity index is 2.51.